The average molecular weight is 1070 g/mol. The molecule has 0 fully saturated rings. The normalized spacial score (nSPS) is 12.5. The molecular formula is C50H52Cl2F12SiZr. The van der Waals surface area contributed by atoms with Crippen LogP contribution in [0.3, 0.4) is 0 Å². The Morgan fingerprint density at radius 3 is 0.939 bits per heavy atom. The van der Waals surface area contributed by atoms with Gasteiger partial charge in [0.1, 0.15) is 0 Å². The van der Waals surface area contributed by atoms with Crippen molar-refractivity contribution in [3.8, 4) is 22.3 Å². The summed E-state index contributed by atoms with van der Waals surface area (Å²) in [5.41, 5.74) is -1.99. The number of rotatable bonds is 6. The molecule has 0 spiro atoms. The molecule has 0 bridgehead atoms. The van der Waals surface area contributed by atoms with Gasteiger partial charge in [-0.1, -0.05) is 104 Å². The molecular weight excluding hydrogens is 1020 g/mol. The van der Waals surface area contributed by atoms with Crippen molar-refractivity contribution >= 4 is 48.1 Å². The summed E-state index contributed by atoms with van der Waals surface area (Å²) < 4.78 is 161. The molecule has 0 N–H and O–H groups in total. The molecule has 6 aromatic carbocycles. The molecule has 16 heteroatoms. The fourth-order valence-corrected chi connectivity index (χ4v) is 7.62. The third kappa shape index (κ3) is 15.0. The van der Waals surface area contributed by atoms with E-state index < -0.39 is 78.6 Å². The van der Waals surface area contributed by atoms with Crippen molar-refractivity contribution < 1.29 is 73.5 Å². The second-order valence-electron chi connectivity index (χ2n) is 17.9. The summed E-state index contributed by atoms with van der Waals surface area (Å²) in [6, 6.07) is 18.7. The quantitative estimate of drug-likeness (QED) is 0.0886. The molecule has 0 aliphatic rings. The number of alkyl halides is 12. The van der Waals surface area contributed by atoms with Crippen LogP contribution in [0.4, 0.5) is 52.7 Å². The van der Waals surface area contributed by atoms with Gasteiger partial charge in [-0.3, -0.25) is 0 Å². The molecule has 2 radical (unpaired) electrons. The average Bonchev–Trinajstić information content (AvgIpc) is 3.79. The fourth-order valence-electron chi connectivity index (χ4n) is 7.62. The van der Waals surface area contributed by atoms with E-state index in [-0.39, 0.29) is 23.3 Å². The van der Waals surface area contributed by atoms with Gasteiger partial charge >= 0.3 is 62.6 Å². The van der Waals surface area contributed by atoms with E-state index in [9.17, 15) is 52.7 Å². The van der Waals surface area contributed by atoms with E-state index in [4.69, 9.17) is 17.0 Å². The van der Waals surface area contributed by atoms with Crippen molar-refractivity contribution in [1.82, 2.24) is 0 Å². The molecule has 0 atom stereocenters. The van der Waals surface area contributed by atoms with Crippen LogP contribution in [0.25, 0.3) is 43.8 Å². The van der Waals surface area contributed by atoms with Gasteiger partial charge in [0.25, 0.3) is 0 Å². The first-order valence-electron chi connectivity index (χ1n) is 20.9. The van der Waals surface area contributed by atoms with Crippen LogP contribution in [0, 0.1) is 0 Å². The van der Waals surface area contributed by atoms with Gasteiger partial charge in [0.2, 0.25) is 0 Å². The Hall–Kier alpha value is -3.06. The maximum absolute atomic E-state index is 13.4. The Kier molecular flexibility index (Phi) is 19.6. The molecule has 358 valence electrons. The minimum absolute atomic E-state index is 0.0682. The van der Waals surface area contributed by atoms with Crippen LogP contribution >= 0.6 is 17.0 Å². The molecule has 6 aromatic rings. The van der Waals surface area contributed by atoms with E-state index in [0.29, 0.717) is 33.0 Å². The molecule has 0 nitrogen and oxygen atoms in total. The van der Waals surface area contributed by atoms with E-state index in [0.717, 1.165) is 81.4 Å². The van der Waals surface area contributed by atoms with Crippen molar-refractivity contribution in [2.45, 2.75) is 130 Å². The Morgan fingerprint density at radius 1 is 0.470 bits per heavy atom. The Labute approximate surface area is 400 Å². The van der Waals surface area contributed by atoms with Gasteiger partial charge in [-0.25, -0.2) is 0 Å². The molecule has 0 saturated carbocycles. The van der Waals surface area contributed by atoms with Crippen molar-refractivity contribution in [3.05, 3.63) is 129 Å². The molecule has 0 saturated heterocycles. The van der Waals surface area contributed by atoms with Gasteiger partial charge < -0.3 is 0 Å². The van der Waals surface area contributed by atoms with Gasteiger partial charge in [-0.05, 0) is 71.2 Å². The van der Waals surface area contributed by atoms with Gasteiger partial charge in [-0.2, -0.15) is 64.8 Å². The number of benzene rings is 4. The molecule has 0 aromatic heterocycles. The predicted molar refractivity (Wildman–Crippen MR) is 245 cm³/mol. The van der Waals surface area contributed by atoms with E-state index in [1.165, 1.54) is 0 Å². The zero-order valence-electron chi connectivity index (χ0n) is 38.2. The van der Waals surface area contributed by atoms with Crippen LogP contribution in [-0.4, -0.2) is 9.52 Å². The number of hydrogen-bond donors (Lipinski definition) is 0. The van der Waals surface area contributed by atoms with Gasteiger partial charge in [0.15, 0.2) is 0 Å². The Balaban J connectivity index is 0.000000313. The maximum atomic E-state index is 13.4. The van der Waals surface area contributed by atoms with Crippen LogP contribution in [-0.2, 0) is 69.2 Å². The summed E-state index contributed by atoms with van der Waals surface area (Å²) in [5, 5.41) is 2.98. The van der Waals surface area contributed by atoms with Crippen molar-refractivity contribution in [3.63, 3.8) is 0 Å². The van der Waals surface area contributed by atoms with Crippen LogP contribution in [0.5, 0.6) is 0 Å². The Bertz CT molecular complexity index is 2290. The third-order valence-corrected chi connectivity index (χ3v) is 10.3. The molecule has 0 unspecified atom stereocenters. The van der Waals surface area contributed by atoms with E-state index >= 15 is 0 Å². The van der Waals surface area contributed by atoms with E-state index in [2.05, 4.69) is 13.1 Å². The SMILES string of the molecule is CCCc1cc2c(-c3cc(C(F)(F)F)cc(C(F)(F)F)c3)c(C(C)(C)C)ccc2[cH-]1.CCCc1cc2c(-c3cc(C(F)(F)F)cc(C(F)(F)F)c3)c(C(C)(C)C)ccc2[cH-]1.C[Si]C.[Cl][Zr+2][Cl]. The second kappa shape index (κ2) is 22.6. The number of fused-ring (bicyclic) bond motifs is 2. The molecule has 0 aliphatic heterocycles. The summed E-state index contributed by atoms with van der Waals surface area (Å²) in [7, 11) is 11.0. The molecule has 0 aliphatic carbocycles. The topological polar surface area (TPSA) is 0 Å². The second-order valence-corrected chi connectivity index (χ2v) is 22.6. The standard InChI is InChI=1S/2C24H23F6.C2H6Si.2ClH.Zr/c2*1-5-6-14-9-15-7-8-20(22(2,3)4)21(19(15)10-14)16-11-17(23(25,26)27)13-18(12-16)24(28,29)30;1-3-2;;;/h2*7-13H,5-6H2,1-4H3;1-2H3;2*1H;/q2*-1;;;;+4/p-2. The molecule has 66 heavy (non-hydrogen) atoms. The molecule has 0 heterocycles. The molecule has 0 amide bonds. The van der Waals surface area contributed by atoms with Crippen LogP contribution in [0.1, 0.15) is 113 Å². The van der Waals surface area contributed by atoms with Crippen molar-refractivity contribution in [1.29, 1.82) is 0 Å². The summed E-state index contributed by atoms with van der Waals surface area (Å²) in [6.07, 6.45) is -16.2. The first-order chi connectivity index (χ1) is 30.3. The predicted octanol–water partition coefficient (Wildman–Crippen LogP) is 19.2. The van der Waals surface area contributed by atoms with E-state index in [1.54, 1.807) is 12.1 Å². The summed E-state index contributed by atoms with van der Waals surface area (Å²) in [4.78, 5) is 0. The summed E-state index contributed by atoms with van der Waals surface area (Å²) >= 11 is -0.826. The van der Waals surface area contributed by atoms with Crippen LogP contribution in [0.2, 0.25) is 13.1 Å². The van der Waals surface area contributed by atoms with Crippen LogP contribution < -0.4 is 0 Å². The fraction of sp³-hybridized carbons (Fsp3) is 0.400. The van der Waals surface area contributed by atoms with Gasteiger partial charge in [-0.15, -0.1) is 69.1 Å². The first kappa shape index (κ1) is 57.3. The number of halogens is 14. The zero-order chi connectivity index (χ0) is 50.4. The monoisotopic (exact) mass is 1070 g/mol. The van der Waals surface area contributed by atoms with E-state index in [1.807, 2.05) is 91.8 Å². The van der Waals surface area contributed by atoms with Gasteiger partial charge in [0, 0.05) is 9.52 Å². The summed E-state index contributed by atoms with van der Waals surface area (Å²) in [5.74, 6) is 0. The molecule has 6 rings (SSSR count). The van der Waals surface area contributed by atoms with Crippen molar-refractivity contribution in [2.24, 2.45) is 0 Å². The number of aryl methyl sites for hydroxylation is 2. The third-order valence-electron chi connectivity index (χ3n) is 10.3. The Morgan fingerprint density at radius 2 is 0.727 bits per heavy atom. The van der Waals surface area contributed by atoms with Crippen LogP contribution in [0.15, 0.2) is 84.9 Å². The minimum atomic E-state index is -4.88. The zero-order valence-corrected chi connectivity index (χ0v) is 43.2. The first-order valence-corrected chi connectivity index (χ1v) is 29.2. The van der Waals surface area contributed by atoms with Crippen molar-refractivity contribution in [2.75, 3.05) is 0 Å². The van der Waals surface area contributed by atoms with Gasteiger partial charge in [0.05, 0.1) is 22.3 Å². The summed E-state index contributed by atoms with van der Waals surface area (Å²) in [6.45, 7) is 19.7. The number of hydrogen-bond acceptors (Lipinski definition) is 0.